The van der Waals surface area contributed by atoms with Crippen LogP contribution in [-0.4, -0.2) is 42.0 Å². The van der Waals surface area contributed by atoms with Crippen LogP contribution in [0.25, 0.3) is 0 Å². The van der Waals surface area contributed by atoms with Gasteiger partial charge >= 0.3 is 5.97 Å². The molecule has 6 heteroatoms. The second-order valence-corrected chi connectivity index (χ2v) is 4.35. The SMILES string of the molecule is CC(C(=O)O)C1NC(=O)C1C1(C)OCCO1. The Morgan fingerprint density at radius 1 is 1.56 bits per heavy atom. The number of ether oxygens (including phenoxy) is 2. The lowest BCUT2D eigenvalue weighted by molar-refractivity contribution is -0.211. The molecule has 2 rings (SSSR count). The molecule has 0 aromatic carbocycles. The highest BCUT2D eigenvalue weighted by Crippen LogP contribution is 2.37. The molecule has 3 atom stereocenters. The van der Waals surface area contributed by atoms with Gasteiger partial charge in [-0.2, -0.15) is 0 Å². The number of carbonyl (C=O) groups excluding carboxylic acids is 1. The predicted octanol–water partition coefficient (Wildman–Crippen LogP) is -0.415. The summed E-state index contributed by atoms with van der Waals surface area (Å²) in [4.78, 5) is 22.4. The van der Waals surface area contributed by atoms with Gasteiger partial charge in [0.2, 0.25) is 5.91 Å². The Hall–Kier alpha value is -1.14. The van der Waals surface area contributed by atoms with Crippen LogP contribution in [0.3, 0.4) is 0 Å². The molecule has 0 radical (unpaired) electrons. The highest BCUT2D eigenvalue weighted by atomic mass is 16.7. The Kier molecular flexibility index (Phi) is 2.63. The van der Waals surface area contributed by atoms with Gasteiger partial charge in [0.15, 0.2) is 5.79 Å². The zero-order chi connectivity index (χ0) is 11.9. The van der Waals surface area contributed by atoms with Crippen molar-refractivity contribution in [1.29, 1.82) is 0 Å². The van der Waals surface area contributed by atoms with Gasteiger partial charge in [-0.3, -0.25) is 9.59 Å². The number of amides is 1. The third kappa shape index (κ3) is 1.58. The zero-order valence-electron chi connectivity index (χ0n) is 9.23. The summed E-state index contributed by atoms with van der Waals surface area (Å²) in [5.74, 6) is -3.30. The van der Waals surface area contributed by atoms with Gasteiger partial charge in [0.25, 0.3) is 0 Å². The van der Waals surface area contributed by atoms with Crippen molar-refractivity contribution in [1.82, 2.24) is 5.32 Å². The minimum atomic E-state index is -0.975. The molecule has 16 heavy (non-hydrogen) atoms. The molecular weight excluding hydrogens is 214 g/mol. The van der Waals surface area contributed by atoms with E-state index in [0.29, 0.717) is 13.2 Å². The maximum Gasteiger partial charge on any atom is 0.308 e. The summed E-state index contributed by atoms with van der Waals surface area (Å²) in [7, 11) is 0. The van der Waals surface area contributed by atoms with Crippen molar-refractivity contribution in [3.05, 3.63) is 0 Å². The van der Waals surface area contributed by atoms with Crippen molar-refractivity contribution in [2.24, 2.45) is 11.8 Å². The summed E-state index contributed by atoms with van der Waals surface area (Å²) in [6.07, 6.45) is 0. The molecule has 0 aromatic rings. The smallest absolute Gasteiger partial charge is 0.308 e. The second kappa shape index (κ2) is 3.71. The minimum Gasteiger partial charge on any atom is -0.481 e. The van der Waals surface area contributed by atoms with E-state index in [1.54, 1.807) is 13.8 Å². The topological polar surface area (TPSA) is 84.9 Å². The molecular formula is C10H15NO5. The van der Waals surface area contributed by atoms with E-state index in [2.05, 4.69) is 5.32 Å². The monoisotopic (exact) mass is 229 g/mol. The van der Waals surface area contributed by atoms with Crippen molar-refractivity contribution in [3.8, 4) is 0 Å². The number of hydrogen-bond donors (Lipinski definition) is 2. The maximum absolute atomic E-state index is 11.5. The fourth-order valence-electron chi connectivity index (χ4n) is 2.25. The van der Waals surface area contributed by atoms with Crippen molar-refractivity contribution in [3.63, 3.8) is 0 Å². The number of hydrogen-bond acceptors (Lipinski definition) is 4. The number of carboxylic acids is 1. The number of aliphatic carboxylic acids is 1. The first-order chi connectivity index (χ1) is 7.46. The fourth-order valence-corrected chi connectivity index (χ4v) is 2.25. The molecule has 90 valence electrons. The lowest BCUT2D eigenvalue weighted by Crippen LogP contribution is -2.69. The van der Waals surface area contributed by atoms with Gasteiger partial charge in [-0.15, -0.1) is 0 Å². The molecule has 6 nitrogen and oxygen atoms in total. The van der Waals surface area contributed by atoms with E-state index in [4.69, 9.17) is 14.6 Å². The van der Waals surface area contributed by atoms with Gasteiger partial charge < -0.3 is 19.9 Å². The third-order valence-corrected chi connectivity index (χ3v) is 3.30. The normalized spacial score (nSPS) is 34.0. The Bertz CT molecular complexity index is 323. The minimum absolute atomic E-state index is 0.206. The molecule has 0 aliphatic carbocycles. The summed E-state index contributed by atoms with van der Waals surface area (Å²) in [5.41, 5.74) is 0. The Labute approximate surface area is 92.9 Å². The Morgan fingerprint density at radius 3 is 2.56 bits per heavy atom. The summed E-state index contributed by atoms with van der Waals surface area (Å²) in [5, 5.41) is 11.5. The lowest BCUT2D eigenvalue weighted by Gasteiger charge is -2.45. The van der Waals surface area contributed by atoms with Crippen LogP contribution in [0.5, 0.6) is 0 Å². The first-order valence-electron chi connectivity index (χ1n) is 5.27. The van der Waals surface area contributed by atoms with Gasteiger partial charge in [-0.1, -0.05) is 0 Å². The molecule has 2 aliphatic heterocycles. The van der Waals surface area contributed by atoms with Crippen molar-refractivity contribution < 1.29 is 24.2 Å². The van der Waals surface area contributed by atoms with E-state index in [9.17, 15) is 9.59 Å². The highest BCUT2D eigenvalue weighted by Gasteiger charge is 2.57. The predicted molar refractivity (Wildman–Crippen MR) is 52.5 cm³/mol. The third-order valence-electron chi connectivity index (χ3n) is 3.30. The van der Waals surface area contributed by atoms with Crippen LogP contribution in [0.15, 0.2) is 0 Å². The first kappa shape index (κ1) is 11.3. The average Bonchev–Trinajstić information content (AvgIpc) is 2.59. The maximum atomic E-state index is 11.5. The van der Waals surface area contributed by atoms with Crippen molar-refractivity contribution in [2.45, 2.75) is 25.7 Å². The molecule has 0 bridgehead atoms. The van der Waals surface area contributed by atoms with Crippen LogP contribution in [0.2, 0.25) is 0 Å². The fraction of sp³-hybridized carbons (Fsp3) is 0.800. The van der Waals surface area contributed by atoms with Crippen LogP contribution < -0.4 is 5.32 Å². The largest absolute Gasteiger partial charge is 0.481 e. The molecule has 2 N–H and O–H groups in total. The van der Waals surface area contributed by atoms with Gasteiger partial charge in [-0.25, -0.2) is 0 Å². The van der Waals surface area contributed by atoms with E-state index >= 15 is 0 Å². The van der Waals surface area contributed by atoms with Crippen molar-refractivity contribution >= 4 is 11.9 Å². The van der Waals surface area contributed by atoms with Crippen LogP contribution in [0, 0.1) is 11.8 Å². The molecule has 2 saturated heterocycles. The van der Waals surface area contributed by atoms with Crippen LogP contribution >= 0.6 is 0 Å². The van der Waals surface area contributed by atoms with E-state index in [0.717, 1.165) is 0 Å². The molecule has 2 heterocycles. The molecule has 0 saturated carbocycles. The molecule has 0 spiro atoms. The lowest BCUT2D eigenvalue weighted by atomic mass is 9.77. The summed E-state index contributed by atoms with van der Waals surface area (Å²) in [6, 6.07) is -0.423. The van der Waals surface area contributed by atoms with Gasteiger partial charge in [0, 0.05) is 0 Å². The Morgan fingerprint density at radius 2 is 2.12 bits per heavy atom. The summed E-state index contributed by atoms with van der Waals surface area (Å²) in [6.45, 7) is 4.13. The van der Waals surface area contributed by atoms with Crippen molar-refractivity contribution in [2.75, 3.05) is 13.2 Å². The van der Waals surface area contributed by atoms with Gasteiger partial charge in [0.05, 0.1) is 25.2 Å². The summed E-state index contributed by atoms with van der Waals surface area (Å²) < 4.78 is 10.8. The number of rotatable bonds is 3. The van der Waals surface area contributed by atoms with E-state index in [-0.39, 0.29) is 5.91 Å². The van der Waals surface area contributed by atoms with Crippen LogP contribution in [-0.2, 0) is 19.1 Å². The zero-order valence-corrected chi connectivity index (χ0v) is 9.23. The molecule has 2 fully saturated rings. The molecule has 3 unspecified atom stereocenters. The second-order valence-electron chi connectivity index (χ2n) is 4.35. The number of β-lactam (4-membered cyclic amide) rings is 1. The Balaban J connectivity index is 2.13. The quantitative estimate of drug-likeness (QED) is 0.642. The first-order valence-corrected chi connectivity index (χ1v) is 5.27. The molecule has 2 aliphatic rings. The molecule has 0 aromatic heterocycles. The van der Waals surface area contributed by atoms with E-state index < -0.39 is 29.6 Å². The standard InChI is InChI=1S/C10H15NO5/c1-5(9(13)14)7-6(8(12)11-7)10(2)15-3-4-16-10/h5-7H,3-4H2,1-2H3,(H,11,12)(H,13,14). The average molecular weight is 229 g/mol. The van der Waals surface area contributed by atoms with Crippen LogP contribution in [0.1, 0.15) is 13.8 Å². The van der Waals surface area contributed by atoms with E-state index in [1.807, 2.05) is 0 Å². The van der Waals surface area contributed by atoms with Gasteiger partial charge in [0.1, 0.15) is 5.92 Å². The van der Waals surface area contributed by atoms with Gasteiger partial charge in [-0.05, 0) is 13.8 Å². The van der Waals surface area contributed by atoms with E-state index in [1.165, 1.54) is 0 Å². The molecule has 1 amide bonds. The number of carboxylic acid groups (broad SMARTS) is 1. The summed E-state index contributed by atoms with van der Waals surface area (Å²) >= 11 is 0. The number of carbonyl (C=O) groups is 2. The highest BCUT2D eigenvalue weighted by molar-refractivity contribution is 5.89. The van der Waals surface area contributed by atoms with Crippen LogP contribution in [0.4, 0.5) is 0 Å². The number of nitrogens with one attached hydrogen (secondary N) is 1.